The quantitative estimate of drug-likeness (QED) is 0.611. The maximum Gasteiger partial charge on any atom is 0.250 e. The lowest BCUT2D eigenvalue weighted by Gasteiger charge is -2.43. The number of rotatable bonds is 3. The van der Waals surface area contributed by atoms with Crippen LogP contribution >= 0.6 is 24.0 Å². The Morgan fingerprint density at radius 1 is 1.03 bits per heavy atom. The van der Waals surface area contributed by atoms with Crippen molar-refractivity contribution in [2.75, 3.05) is 24.2 Å². The van der Waals surface area contributed by atoms with Gasteiger partial charge in [0, 0.05) is 43.0 Å². The second-order valence-electron chi connectivity index (χ2n) is 8.27. The molecule has 2 aromatic carbocycles. The minimum atomic E-state index is -0.0586. The Morgan fingerprint density at radius 2 is 1.87 bits per heavy atom. The van der Waals surface area contributed by atoms with Gasteiger partial charge in [0.2, 0.25) is 5.91 Å². The summed E-state index contributed by atoms with van der Waals surface area (Å²) in [6.45, 7) is 2.39. The molecule has 7 heteroatoms. The molecule has 3 heterocycles. The van der Waals surface area contributed by atoms with Gasteiger partial charge in [-0.25, -0.2) is 0 Å². The number of carbonyl (C=O) groups excluding carboxylic acids is 1. The van der Waals surface area contributed by atoms with Crippen molar-refractivity contribution in [3.63, 3.8) is 0 Å². The Hall–Kier alpha value is -2.64. The van der Waals surface area contributed by atoms with E-state index in [1.807, 2.05) is 47.0 Å². The molecule has 0 unspecified atom stereocenters. The van der Waals surface area contributed by atoms with E-state index in [0.717, 1.165) is 52.5 Å². The molecule has 0 radical (unpaired) electrons. The molecule has 1 amide bonds. The van der Waals surface area contributed by atoms with Gasteiger partial charge in [-0.05, 0) is 41.3 Å². The van der Waals surface area contributed by atoms with Crippen LogP contribution in [0.5, 0.6) is 0 Å². The third-order valence-electron chi connectivity index (χ3n) is 6.10. The first-order chi connectivity index (χ1) is 15.1. The summed E-state index contributed by atoms with van der Waals surface area (Å²) in [6.07, 6.45) is 1.09. The second kappa shape index (κ2) is 8.48. The minimum Gasteiger partial charge on any atom is -0.356 e. The van der Waals surface area contributed by atoms with Crippen molar-refractivity contribution in [3.8, 4) is 0 Å². The fourth-order valence-corrected chi connectivity index (χ4v) is 5.71. The van der Waals surface area contributed by atoms with E-state index in [4.69, 9.17) is 12.2 Å². The fraction of sp³-hybridized carbons (Fsp3) is 0.292. The van der Waals surface area contributed by atoms with E-state index in [9.17, 15) is 9.59 Å². The van der Waals surface area contributed by atoms with Crippen LogP contribution in [-0.2, 0) is 11.3 Å². The normalized spacial score (nSPS) is 19.7. The van der Waals surface area contributed by atoms with Crippen molar-refractivity contribution in [3.05, 3.63) is 76.7 Å². The summed E-state index contributed by atoms with van der Waals surface area (Å²) in [6, 6.07) is 19.5. The van der Waals surface area contributed by atoms with Crippen LogP contribution in [0.15, 0.2) is 65.5 Å². The van der Waals surface area contributed by atoms with Gasteiger partial charge in [0.15, 0.2) is 0 Å². The Kier molecular flexibility index (Phi) is 5.54. The summed E-state index contributed by atoms with van der Waals surface area (Å²) in [7, 11) is 0. The molecule has 1 N–H and O–H groups in total. The topological polar surface area (TPSA) is 54.3 Å². The number of fused-ring (bicyclic) bond motifs is 5. The summed E-state index contributed by atoms with van der Waals surface area (Å²) in [5.74, 6) is 0.951. The molecule has 2 aliphatic heterocycles. The Bertz CT molecular complexity index is 1220. The highest BCUT2D eigenvalue weighted by atomic mass is 32.2. The summed E-state index contributed by atoms with van der Waals surface area (Å²) in [5.41, 5.74) is 1.99. The number of hydrogen-bond donors (Lipinski definition) is 1. The van der Waals surface area contributed by atoms with Crippen molar-refractivity contribution < 1.29 is 4.79 Å². The van der Waals surface area contributed by atoms with E-state index in [0.29, 0.717) is 11.8 Å². The van der Waals surface area contributed by atoms with Gasteiger partial charge < -0.3 is 14.8 Å². The number of amides is 1. The smallest absolute Gasteiger partial charge is 0.250 e. The predicted octanol–water partition coefficient (Wildman–Crippen LogP) is 4.08. The Morgan fingerprint density at radius 3 is 2.74 bits per heavy atom. The lowest BCUT2D eigenvalue weighted by atomic mass is 9.83. The highest BCUT2D eigenvalue weighted by Gasteiger charge is 2.35. The highest BCUT2D eigenvalue weighted by Crippen LogP contribution is 2.36. The standard InChI is InChI=1S/C24H23N3O2S2/c28-22(25-20-9-8-17-4-1-2-5-18(17)11-20)15-31-24(30)26-12-16-10-19(14-26)21-6-3-7-23(29)27(21)13-16/h1-9,11,16,19H,10,12-15H2,(H,25,28)/t16-,19+/m1/s1. The molecule has 158 valence electrons. The monoisotopic (exact) mass is 449 g/mol. The lowest BCUT2D eigenvalue weighted by molar-refractivity contribution is -0.113. The summed E-state index contributed by atoms with van der Waals surface area (Å²) >= 11 is 7.08. The first-order valence-corrected chi connectivity index (χ1v) is 11.9. The van der Waals surface area contributed by atoms with E-state index < -0.39 is 0 Å². The number of thioether (sulfide) groups is 1. The van der Waals surface area contributed by atoms with Gasteiger partial charge in [0.1, 0.15) is 4.32 Å². The van der Waals surface area contributed by atoms with Crippen LogP contribution in [0.25, 0.3) is 10.8 Å². The van der Waals surface area contributed by atoms with Crippen molar-refractivity contribution in [2.45, 2.75) is 18.9 Å². The molecule has 1 fully saturated rings. The number of hydrogen-bond acceptors (Lipinski definition) is 4. The van der Waals surface area contributed by atoms with Gasteiger partial charge in [-0.2, -0.15) is 0 Å². The molecule has 0 spiro atoms. The molecule has 0 aliphatic carbocycles. The summed E-state index contributed by atoms with van der Waals surface area (Å²) in [5, 5.41) is 5.22. The van der Waals surface area contributed by atoms with Gasteiger partial charge in [-0.15, -0.1) is 0 Å². The third-order valence-corrected chi connectivity index (χ3v) is 7.62. The van der Waals surface area contributed by atoms with E-state index in [1.165, 1.54) is 11.8 Å². The SMILES string of the molecule is O=C(CSC(=S)N1C[C@H]2C[C@@H](C1)c1cccc(=O)n1C2)Nc1ccc2ccccc2c1. The number of pyridine rings is 1. The molecule has 2 aliphatic rings. The first kappa shape index (κ1) is 20.3. The number of anilines is 1. The van der Waals surface area contributed by atoms with Crippen molar-refractivity contribution in [2.24, 2.45) is 5.92 Å². The second-order valence-corrected chi connectivity index (χ2v) is 9.88. The number of nitrogens with zero attached hydrogens (tertiary/aromatic N) is 2. The molecule has 0 saturated carbocycles. The van der Waals surface area contributed by atoms with Crippen LogP contribution in [0.4, 0.5) is 5.69 Å². The van der Waals surface area contributed by atoms with E-state index >= 15 is 0 Å². The molecule has 2 atom stereocenters. The number of nitrogens with one attached hydrogen (secondary N) is 1. The predicted molar refractivity (Wildman–Crippen MR) is 131 cm³/mol. The molecule has 1 aromatic heterocycles. The molecule has 31 heavy (non-hydrogen) atoms. The van der Waals surface area contributed by atoms with E-state index in [1.54, 1.807) is 6.07 Å². The van der Waals surface area contributed by atoms with Crippen molar-refractivity contribution >= 4 is 50.7 Å². The van der Waals surface area contributed by atoms with Gasteiger partial charge in [-0.3, -0.25) is 9.59 Å². The third kappa shape index (κ3) is 4.25. The zero-order valence-corrected chi connectivity index (χ0v) is 18.6. The zero-order valence-electron chi connectivity index (χ0n) is 17.0. The van der Waals surface area contributed by atoms with Gasteiger partial charge in [-0.1, -0.05) is 60.4 Å². The van der Waals surface area contributed by atoms with Crippen LogP contribution in [0.3, 0.4) is 0 Å². The maximum atomic E-state index is 12.5. The number of aromatic nitrogens is 1. The number of piperidine rings is 1. The van der Waals surface area contributed by atoms with Crippen LogP contribution in [0.2, 0.25) is 0 Å². The van der Waals surface area contributed by atoms with Crippen molar-refractivity contribution in [1.82, 2.24) is 9.47 Å². The van der Waals surface area contributed by atoms with Crippen LogP contribution < -0.4 is 10.9 Å². The Labute approximate surface area is 190 Å². The number of likely N-dealkylation sites (tertiary alicyclic amines) is 1. The lowest BCUT2D eigenvalue weighted by Crippen LogP contribution is -2.48. The van der Waals surface area contributed by atoms with Crippen LogP contribution in [-0.4, -0.2) is 38.5 Å². The number of thiocarbonyl (C=S) groups is 1. The first-order valence-electron chi connectivity index (χ1n) is 10.5. The molecule has 5 nitrogen and oxygen atoms in total. The maximum absolute atomic E-state index is 12.5. The van der Waals surface area contributed by atoms with Gasteiger partial charge in [0.05, 0.1) is 5.75 Å². The molecule has 3 aromatic rings. The molecule has 1 saturated heterocycles. The number of benzene rings is 2. The van der Waals surface area contributed by atoms with Gasteiger partial charge >= 0.3 is 0 Å². The average Bonchev–Trinajstić information content (AvgIpc) is 2.78. The molecular weight excluding hydrogens is 426 g/mol. The van der Waals surface area contributed by atoms with E-state index in [-0.39, 0.29) is 17.2 Å². The molecule has 5 rings (SSSR count). The van der Waals surface area contributed by atoms with Crippen LogP contribution in [0, 0.1) is 5.92 Å². The molecular formula is C24H23N3O2S2. The minimum absolute atomic E-state index is 0.0586. The zero-order chi connectivity index (χ0) is 21.4. The largest absolute Gasteiger partial charge is 0.356 e. The molecule has 2 bridgehead atoms. The fourth-order valence-electron chi connectivity index (χ4n) is 4.73. The summed E-state index contributed by atoms with van der Waals surface area (Å²) in [4.78, 5) is 26.9. The highest BCUT2D eigenvalue weighted by molar-refractivity contribution is 8.23. The number of carbonyl (C=O) groups is 1. The van der Waals surface area contributed by atoms with Crippen molar-refractivity contribution in [1.29, 1.82) is 0 Å². The van der Waals surface area contributed by atoms with E-state index in [2.05, 4.69) is 22.3 Å². The Balaban J connectivity index is 1.19. The van der Waals surface area contributed by atoms with Crippen LogP contribution in [0.1, 0.15) is 18.0 Å². The average molecular weight is 450 g/mol. The van der Waals surface area contributed by atoms with Gasteiger partial charge in [0.25, 0.3) is 5.56 Å². The summed E-state index contributed by atoms with van der Waals surface area (Å²) < 4.78 is 2.68.